The van der Waals surface area contributed by atoms with Crippen molar-refractivity contribution in [2.24, 2.45) is 0 Å². The Bertz CT molecular complexity index is 929. The van der Waals surface area contributed by atoms with Gasteiger partial charge in [0.1, 0.15) is 5.75 Å². The second-order valence-electron chi connectivity index (χ2n) is 5.17. The summed E-state index contributed by atoms with van der Waals surface area (Å²) >= 11 is 5.90. The number of methoxy groups -OCH3 is 1. The van der Waals surface area contributed by atoms with E-state index >= 15 is 0 Å². The van der Waals surface area contributed by atoms with Crippen LogP contribution >= 0.6 is 11.6 Å². The maximum absolute atomic E-state index is 12.6. The zero-order chi connectivity index (χ0) is 16.6. The number of halogens is 1. The fourth-order valence-corrected chi connectivity index (χ4v) is 4.23. The van der Waals surface area contributed by atoms with Gasteiger partial charge in [0, 0.05) is 16.2 Å². The molecule has 2 aromatic carbocycles. The van der Waals surface area contributed by atoms with E-state index in [0.717, 1.165) is 0 Å². The lowest BCUT2D eigenvalue weighted by molar-refractivity contribution is 0.103. The number of Topliss-reactive ketones (excluding diaryl/α,β-unsaturated/α-hetero) is 1. The first-order chi connectivity index (χ1) is 10.9. The first-order valence-electron chi connectivity index (χ1n) is 6.82. The Morgan fingerprint density at radius 1 is 1.17 bits per heavy atom. The van der Waals surface area contributed by atoms with Crippen molar-refractivity contribution < 1.29 is 17.9 Å². The molecule has 0 aliphatic carbocycles. The van der Waals surface area contributed by atoms with Crippen LogP contribution in [0.2, 0.25) is 5.02 Å². The third-order valence-electron chi connectivity index (χ3n) is 3.59. The van der Waals surface area contributed by atoms with Gasteiger partial charge in [0.2, 0.25) is 0 Å². The number of rotatable bonds is 2. The summed E-state index contributed by atoms with van der Waals surface area (Å²) in [5, 5.41) is 0.329. The van der Waals surface area contributed by atoms with E-state index < -0.39 is 9.84 Å². The predicted octanol–water partition coefficient (Wildman–Crippen LogP) is 3.40. The molecule has 0 bridgehead atoms. The summed E-state index contributed by atoms with van der Waals surface area (Å²) in [6.45, 7) is 0. The minimum atomic E-state index is -3.56. The highest BCUT2D eigenvalue weighted by molar-refractivity contribution is 7.91. The zero-order valence-corrected chi connectivity index (χ0v) is 13.8. The van der Waals surface area contributed by atoms with Gasteiger partial charge < -0.3 is 4.74 Å². The minimum absolute atomic E-state index is 0.0368. The molecule has 0 N–H and O–H groups in total. The van der Waals surface area contributed by atoms with Crippen LogP contribution in [-0.2, 0) is 9.84 Å². The first-order valence-corrected chi connectivity index (χ1v) is 8.85. The number of hydrogen-bond donors (Lipinski definition) is 0. The van der Waals surface area contributed by atoms with Crippen molar-refractivity contribution in [3.05, 3.63) is 64.2 Å². The van der Waals surface area contributed by atoms with E-state index in [2.05, 4.69) is 0 Å². The molecule has 0 saturated heterocycles. The zero-order valence-electron chi connectivity index (χ0n) is 12.2. The van der Waals surface area contributed by atoms with Crippen molar-refractivity contribution in [3.8, 4) is 5.75 Å². The molecule has 23 heavy (non-hydrogen) atoms. The van der Waals surface area contributed by atoms with Crippen LogP contribution in [0.5, 0.6) is 5.75 Å². The van der Waals surface area contributed by atoms with Crippen molar-refractivity contribution in [1.82, 2.24) is 0 Å². The quantitative estimate of drug-likeness (QED) is 0.780. The van der Waals surface area contributed by atoms with Gasteiger partial charge in [-0.1, -0.05) is 23.7 Å². The van der Waals surface area contributed by atoms with Crippen LogP contribution in [0.3, 0.4) is 0 Å². The number of carbonyl (C=O) groups excluding carboxylic acids is 1. The van der Waals surface area contributed by atoms with Crippen LogP contribution in [0.25, 0.3) is 6.08 Å². The van der Waals surface area contributed by atoms with E-state index in [0.29, 0.717) is 16.3 Å². The van der Waals surface area contributed by atoms with Crippen LogP contribution in [0, 0.1) is 0 Å². The summed E-state index contributed by atoms with van der Waals surface area (Å²) in [6, 6.07) is 11.3. The first kappa shape index (κ1) is 15.8. The van der Waals surface area contributed by atoms with Gasteiger partial charge in [-0.25, -0.2) is 8.42 Å². The number of ketones is 1. The molecule has 0 radical (unpaired) electrons. The van der Waals surface area contributed by atoms with Gasteiger partial charge in [-0.05, 0) is 42.0 Å². The molecule has 0 saturated carbocycles. The SMILES string of the molecule is COc1cccc(/C=C2\CS(=O)(=O)c3ccc(Cl)cc3C2=O)c1. The second-order valence-corrected chi connectivity index (χ2v) is 7.57. The summed E-state index contributed by atoms with van der Waals surface area (Å²) in [6.07, 6.45) is 1.58. The molecular weight excluding hydrogens is 336 g/mol. The summed E-state index contributed by atoms with van der Waals surface area (Å²) in [7, 11) is -2.01. The fourth-order valence-electron chi connectivity index (χ4n) is 2.51. The van der Waals surface area contributed by atoms with Crippen molar-refractivity contribution in [1.29, 1.82) is 0 Å². The molecule has 2 aromatic rings. The van der Waals surface area contributed by atoms with Crippen molar-refractivity contribution in [2.75, 3.05) is 12.9 Å². The standard InChI is InChI=1S/C17H13ClO4S/c1-22-14-4-2-3-11(8-14)7-12-10-23(20,21)16-6-5-13(18)9-15(16)17(12)19/h2-9H,10H2,1H3/b12-7+. The number of carbonyl (C=O) groups is 1. The van der Waals surface area contributed by atoms with E-state index in [1.54, 1.807) is 37.5 Å². The Kier molecular flexibility index (Phi) is 4.00. The van der Waals surface area contributed by atoms with Gasteiger partial charge in [-0.15, -0.1) is 0 Å². The lowest BCUT2D eigenvalue weighted by Gasteiger charge is -2.18. The van der Waals surface area contributed by atoms with Crippen LogP contribution in [0.4, 0.5) is 0 Å². The molecule has 0 atom stereocenters. The molecule has 1 aliphatic rings. The Labute approximate surface area is 139 Å². The molecule has 0 amide bonds. The monoisotopic (exact) mass is 348 g/mol. The molecule has 4 nitrogen and oxygen atoms in total. The van der Waals surface area contributed by atoms with Crippen molar-refractivity contribution >= 4 is 33.3 Å². The molecule has 6 heteroatoms. The van der Waals surface area contributed by atoms with Gasteiger partial charge in [-0.2, -0.15) is 0 Å². The average molecular weight is 349 g/mol. The van der Waals surface area contributed by atoms with E-state index in [4.69, 9.17) is 16.3 Å². The lowest BCUT2D eigenvalue weighted by Crippen LogP contribution is -2.24. The lowest BCUT2D eigenvalue weighted by atomic mass is 10.0. The van der Waals surface area contributed by atoms with Crippen LogP contribution in [-0.4, -0.2) is 27.1 Å². The highest BCUT2D eigenvalue weighted by atomic mass is 35.5. The number of ether oxygens (including phenoxy) is 1. The molecule has 3 rings (SSSR count). The number of benzene rings is 2. The van der Waals surface area contributed by atoms with E-state index in [-0.39, 0.29) is 27.6 Å². The third-order valence-corrected chi connectivity index (χ3v) is 5.55. The number of fused-ring (bicyclic) bond motifs is 1. The Morgan fingerprint density at radius 2 is 1.96 bits per heavy atom. The van der Waals surface area contributed by atoms with E-state index in [1.165, 1.54) is 18.2 Å². The van der Waals surface area contributed by atoms with Gasteiger partial charge in [-0.3, -0.25) is 4.79 Å². The molecule has 0 aromatic heterocycles. The van der Waals surface area contributed by atoms with Gasteiger partial charge >= 0.3 is 0 Å². The molecule has 118 valence electrons. The molecule has 1 heterocycles. The maximum atomic E-state index is 12.6. The average Bonchev–Trinajstić information content (AvgIpc) is 2.52. The highest BCUT2D eigenvalue weighted by Crippen LogP contribution is 2.31. The molecular formula is C17H13ClO4S. The summed E-state index contributed by atoms with van der Waals surface area (Å²) in [5.41, 5.74) is 1.04. The normalized spacial score (nSPS) is 17.8. The van der Waals surface area contributed by atoms with E-state index in [9.17, 15) is 13.2 Å². The maximum Gasteiger partial charge on any atom is 0.191 e. The highest BCUT2D eigenvalue weighted by Gasteiger charge is 2.32. The topological polar surface area (TPSA) is 60.4 Å². The number of hydrogen-bond acceptors (Lipinski definition) is 4. The summed E-state index contributed by atoms with van der Waals surface area (Å²) < 4.78 is 29.9. The molecule has 0 fully saturated rings. The molecule has 0 spiro atoms. The Hall–Kier alpha value is -2.11. The second kappa shape index (κ2) is 5.83. The summed E-state index contributed by atoms with van der Waals surface area (Å²) in [5.74, 6) is -0.00781. The Balaban J connectivity index is 2.12. The van der Waals surface area contributed by atoms with Crippen LogP contribution in [0.15, 0.2) is 52.9 Å². The molecule has 0 unspecified atom stereocenters. The van der Waals surface area contributed by atoms with Crippen molar-refractivity contribution in [3.63, 3.8) is 0 Å². The molecule has 1 aliphatic heterocycles. The van der Waals surface area contributed by atoms with Gasteiger partial charge in [0.25, 0.3) is 0 Å². The van der Waals surface area contributed by atoms with Crippen molar-refractivity contribution in [2.45, 2.75) is 4.90 Å². The smallest absolute Gasteiger partial charge is 0.191 e. The largest absolute Gasteiger partial charge is 0.497 e. The predicted molar refractivity (Wildman–Crippen MR) is 88.8 cm³/mol. The van der Waals surface area contributed by atoms with Crippen LogP contribution < -0.4 is 4.74 Å². The van der Waals surface area contributed by atoms with Crippen LogP contribution in [0.1, 0.15) is 15.9 Å². The van der Waals surface area contributed by atoms with E-state index in [1.807, 2.05) is 0 Å². The third kappa shape index (κ3) is 3.02. The summed E-state index contributed by atoms with van der Waals surface area (Å²) in [4.78, 5) is 12.6. The van der Waals surface area contributed by atoms with Gasteiger partial charge in [0.15, 0.2) is 15.6 Å². The minimum Gasteiger partial charge on any atom is -0.497 e. The Morgan fingerprint density at radius 3 is 2.70 bits per heavy atom. The fraction of sp³-hybridized carbons (Fsp3) is 0.118. The van der Waals surface area contributed by atoms with Gasteiger partial charge in [0.05, 0.1) is 17.8 Å². The number of sulfone groups is 1.